The lowest BCUT2D eigenvalue weighted by atomic mass is 10.2. The number of rotatable bonds is 4. The third kappa shape index (κ3) is 2.43. The maximum absolute atomic E-state index is 12.1. The van der Waals surface area contributed by atoms with Crippen molar-refractivity contribution in [3.05, 3.63) is 30.0 Å². The van der Waals surface area contributed by atoms with Crippen LogP contribution in [0.3, 0.4) is 0 Å². The summed E-state index contributed by atoms with van der Waals surface area (Å²) in [5.74, 6) is 0.660. The molecule has 4 nitrogen and oxygen atoms in total. The second kappa shape index (κ2) is 4.61. The Hall–Kier alpha value is -1.97. The van der Waals surface area contributed by atoms with Crippen LogP contribution in [-0.4, -0.2) is 16.9 Å². The van der Waals surface area contributed by atoms with Crippen molar-refractivity contribution >= 4 is 22.5 Å². The van der Waals surface area contributed by atoms with Gasteiger partial charge in [-0.05, 0) is 43.0 Å². The second-order valence-corrected chi connectivity index (χ2v) is 5.39. The molecule has 4 N–H and O–H groups in total. The monoisotopic (exact) mass is 257 g/mol. The number of fused-ring (bicyclic) bond motifs is 1. The summed E-state index contributed by atoms with van der Waals surface area (Å²) in [6.45, 7) is 2.18. The molecule has 4 heteroatoms. The Morgan fingerprint density at radius 3 is 3.11 bits per heavy atom. The van der Waals surface area contributed by atoms with Crippen LogP contribution in [-0.2, 0) is 0 Å². The largest absolute Gasteiger partial charge is 0.399 e. The van der Waals surface area contributed by atoms with Gasteiger partial charge in [0.15, 0.2) is 0 Å². The van der Waals surface area contributed by atoms with E-state index in [1.807, 2.05) is 24.3 Å². The molecule has 19 heavy (non-hydrogen) atoms. The first kappa shape index (κ1) is 12.1. The van der Waals surface area contributed by atoms with Crippen LogP contribution in [0.25, 0.3) is 10.9 Å². The van der Waals surface area contributed by atoms with Crippen molar-refractivity contribution in [3.8, 4) is 0 Å². The molecule has 1 aromatic heterocycles. The minimum absolute atomic E-state index is 0.0154. The van der Waals surface area contributed by atoms with Crippen molar-refractivity contribution in [2.24, 2.45) is 5.92 Å². The number of nitrogens with one attached hydrogen (secondary N) is 2. The Morgan fingerprint density at radius 2 is 2.32 bits per heavy atom. The van der Waals surface area contributed by atoms with Gasteiger partial charge >= 0.3 is 0 Å². The highest BCUT2D eigenvalue weighted by atomic mass is 16.2. The molecule has 0 radical (unpaired) electrons. The zero-order valence-electron chi connectivity index (χ0n) is 11.1. The number of carbonyl (C=O) groups is 1. The fourth-order valence-corrected chi connectivity index (χ4v) is 2.63. The van der Waals surface area contributed by atoms with Gasteiger partial charge in [-0.25, -0.2) is 0 Å². The van der Waals surface area contributed by atoms with Gasteiger partial charge in [0.1, 0.15) is 5.69 Å². The summed E-state index contributed by atoms with van der Waals surface area (Å²) in [5, 5.41) is 4.06. The van der Waals surface area contributed by atoms with Crippen LogP contribution in [0.2, 0.25) is 0 Å². The predicted octanol–water partition coefficient (Wildman–Crippen LogP) is 2.67. The lowest BCUT2D eigenvalue weighted by Crippen LogP contribution is -2.27. The number of nitrogens with two attached hydrogens (primary N) is 1. The van der Waals surface area contributed by atoms with E-state index in [1.165, 1.54) is 12.8 Å². The van der Waals surface area contributed by atoms with E-state index in [0.717, 1.165) is 17.3 Å². The van der Waals surface area contributed by atoms with Gasteiger partial charge in [0.2, 0.25) is 0 Å². The third-order valence-corrected chi connectivity index (χ3v) is 3.79. The number of H-pyrrole nitrogens is 1. The van der Waals surface area contributed by atoms with Crippen LogP contribution in [0.1, 0.15) is 36.7 Å². The zero-order valence-corrected chi connectivity index (χ0v) is 11.1. The standard InChI is InChI=1S/C15H19N3O/c1-2-3-9-7-13(9)18-15(19)14-8-10-6-11(16)4-5-12(10)17-14/h4-6,8-9,13,17H,2-3,7,16H2,1H3,(H,18,19). The van der Waals surface area contributed by atoms with Crippen molar-refractivity contribution in [1.29, 1.82) is 0 Å². The molecule has 1 aliphatic rings. The van der Waals surface area contributed by atoms with Crippen molar-refractivity contribution in [2.75, 3.05) is 5.73 Å². The van der Waals surface area contributed by atoms with Gasteiger partial charge in [0, 0.05) is 22.6 Å². The second-order valence-electron chi connectivity index (χ2n) is 5.39. The van der Waals surface area contributed by atoms with Crippen LogP contribution in [0.15, 0.2) is 24.3 Å². The first-order chi connectivity index (χ1) is 9.17. The van der Waals surface area contributed by atoms with Gasteiger partial charge in [-0.3, -0.25) is 4.79 Å². The number of anilines is 1. The maximum Gasteiger partial charge on any atom is 0.267 e. The summed E-state index contributed by atoms with van der Waals surface area (Å²) in [7, 11) is 0. The average Bonchev–Trinajstić information content (AvgIpc) is 2.96. The highest BCUT2D eigenvalue weighted by molar-refractivity contribution is 5.98. The summed E-state index contributed by atoms with van der Waals surface area (Å²) in [6.07, 6.45) is 3.50. The zero-order chi connectivity index (χ0) is 13.4. The highest BCUT2D eigenvalue weighted by Gasteiger charge is 2.37. The molecule has 1 aromatic carbocycles. The molecule has 0 saturated heterocycles. The molecular formula is C15H19N3O. The minimum atomic E-state index is -0.0154. The average molecular weight is 257 g/mol. The number of aromatic amines is 1. The maximum atomic E-state index is 12.1. The Bertz CT molecular complexity index is 617. The fourth-order valence-electron chi connectivity index (χ4n) is 2.63. The quantitative estimate of drug-likeness (QED) is 0.737. The van der Waals surface area contributed by atoms with Crippen LogP contribution in [0.4, 0.5) is 5.69 Å². The van der Waals surface area contributed by atoms with Crippen molar-refractivity contribution in [3.63, 3.8) is 0 Å². The highest BCUT2D eigenvalue weighted by Crippen LogP contribution is 2.34. The SMILES string of the molecule is CCCC1CC1NC(=O)c1cc2cc(N)ccc2[nH]1. The number of benzene rings is 1. The summed E-state index contributed by atoms with van der Waals surface area (Å²) in [6, 6.07) is 7.83. The fraction of sp³-hybridized carbons (Fsp3) is 0.400. The van der Waals surface area contributed by atoms with Gasteiger partial charge in [0.25, 0.3) is 5.91 Å². The van der Waals surface area contributed by atoms with E-state index in [1.54, 1.807) is 0 Å². The lowest BCUT2D eigenvalue weighted by molar-refractivity contribution is 0.0944. The molecule has 2 unspecified atom stereocenters. The van der Waals surface area contributed by atoms with Crippen LogP contribution in [0, 0.1) is 5.92 Å². The lowest BCUT2D eigenvalue weighted by Gasteiger charge is -2.02. The van der Waals surface area contributed by atoms with Gasteiger partial charge in [-0.2, -0.15) is 0 Å². The molecule has 1 saturated carbocycles. The molecule has 1 amide bonds. The number of hydrogen-bond donors (Lipinski definition) is 3. The van der Waals surface area contributed by atoms with Crippen LogP contribution >= 0.6 is 0 Å². The van der Waals surface area contributed by atoms with Gasteiger partial charge < -0.3 is 16.0 Å². The normalized spacial score (nSPS) is 21.5. The number of nitrogen functional groups attached to an aromatic ring is 1. The van der Waals surface area contributed by atoms with E-state index in [4.69, 9.17) is 5.73 Å². The molecular weight excluding hydrogens is 238 g/mol. The Balaban J connectivity index is 1.72. The third-order valence-electron chi connectivity index (χ3n) is 3.79. The first-order valence-corrected chi connectivity index (χ1v) is 6.86. The molecule has 1 fully saturated rings. The van der Waals surface area contributed by atoms with E-state index < -0.39 is 0 Å². The van der Waals surface area contributed by atoms with E-state index in [-0.39, 0.29) is 5.91 Å². The van der Waals surface area contributed by atoms with Gasteiger partial charge in [-0.15, -0.1) is 0 Å². The number of carbonyl (C=O) groups excluding carboxylic acids is 1. The van der Waals surface area contributed by atoms with Gasteiger partial charge in [0.05, 0.1) is 0 Å². The summed E-state index contributed by atoms with van der Waals surface area (Å²) >= 11 is 0. The smallest absolute Gasteiger partial charge is 0.267 e. The van der Waals surface area contributed by atoms with E-state index >= 15 is 0 Å². The molecule has 1 aliphatic carbocycles. The van der Waals surface area contributed by atoms with Crippen LogP contribution in [0.5, 0.6) is 0 Å². The topological polar surface area (TPSA) is 70.9 Å². The van der Waals surface area contributed by atoms with Gasteiger partial charge in [-0.1, -0.05) is 13.3 Å². The summed E-state index contributed by atoms with van der Waals surface area (Å²) in [5.41, 5.74) is 8.01. The molecule has 0 aliphatic heterocycles. The summed E-state index contributed by atoms with van der Waals surface area (Å²) in [4.78, 5) is 15.3. The predicted molar refractivity (Wildman–Crippen MR) is 77.0 cm³/mol. The molecule has 100 valence electrons. The molecule has 2 atom stereocenters. The van der Waals surface area contributed by atoms with E-state index in [2.05, 4.69) is 17.2 Å². The summed E-state index contributed by atoms with van der Waals surface area (Å²) < 4.78 is 0. The molecule has 1 heterocycles. The molecule has 3 rings (SSSR count). The van der Waals surface area contributed by atoms with E-state index in [9.17, 15) is 4.79 Å². The minimum Gasteiger partial charge on any atom is -0.399 e. The Kier molecular flexibility index (Phi) is 2.93. The van der Waals surface area contributed by atoms with Crippen LogP contribution < -0.4 is 11.1 Å². The molecule has 0 spiro atoms. The van der Waals surface area contributed by atoms with Crippen molar-refractivity contribution in [2.45, 2.75) is 32.2 Å². The van der Waals surface area contributed by atoms with Crippen molar-refractivity contribution < 1.29 is 4.79 Å². The Labute approximate surface area is 112 Å². The number of aromatic nitrogens is 1. The first-order valence-electron chi connectivity index (χ1n) is 6.86. The number of amides is 1. The molecule has 2 aromatic rings. The Morgan fingerprint density at radius 1 is 1.47 bits per heavy atom. The van der Waals surface area contributed by atoms with E-state index in [0.29, 0.717) is 23.3 Å². The number of hydrogen-bond acceptors (Lipinski definition) is 2. The van der Waals surface area contributed by atoms with Crippen molar-refractivity contribution in [1.82, 2.24) is 10.3 Å². The molecule has 0 bridgehead atoms.